The Hall–Kier alpha value is -1.79. The third kappa shape index (κ3) is 5.61. The van der Waals surface area contributed by atoms with Crippen LogP contribution in [0, 0.1) is 5.92 Å². The Kier molecular flexibility index (Phi) is 7.72. The molecule has 26 heavy (non-hydrogen) atoms. The zero-order valence-corrected chi connectivity index (χ0v) is 15.8. The van der Waals surface area contributed by atoms with Gasteiger partial charge in [-0.1, -0.05) is 17.7 Å². The van der Waals surface area contributed by atoms with Crippen molar-refractivity contribution >= 4 is 35.6 Å². The Bertz CT molecular complexity index is 719. The van der Waals surface area contributed by atoms with Crippen molar-refractivity contribution in [3.8, 4) is 11.5 Å². The number of hydrogen-bond acceptors (Lipinski definition) is 4. The number of nitrogens with one attached hydrogen (secondary N) is 1. The number of carbonyl (C=O) groups excluding carboxylic acids is 1. The van der Waals surface area contributed by atoms with Crippen LogP contribution >= 0.6 is 24.0 Å². The van der Waals surface area contributed by atoms with E-state index in [4.69, 9.17) is 26.8 Å². The molecule has 0 bridgehead atoms. The lowest BCUT2D eigenvalue weighted by Crippen LogP contribution is -2.43. The van der Waals surface area contributed by atoms with Gasteiger partial charge in [-0.2, -0.15) is 0 Å². The summed E-state index contributed by atoms with van der Waals surface area (Å²) in [4.78, 5) is 12.3. The lowest BCUT2D eigenvalue weighted by molar-refractivity contribution is -0.119. The van der Waals surface area contributed by atoms with Crippen LogP contribution in [-0.2, 0) is 9.53 Å². The number of carbonyl (C=O) groups is 1. The maximum atomic E-state index is 12.3. The fraction of sp³-hybridized carbons (Fsp3) is 0.316. The zero-order chi connectivity index (χ0) is 17.6. The third-order valence-corrected chi connectivity index (χ3v) is 4.47. The number of rotatable bonds is 5. The predicted molar refractivity (Wildman–Crippen MR) is 105 cm³/mol. The van der Waals surface area contributed by atoms with Crippen molar-refractivity contribution in [1.29, 1.82) is 0 Å². The predicted octanol–water partition coefficient (Wildman–Crippen LogP) is 4.25. The molecule has 0 saturated carbocycles. The SMILES string of the molecule is Cl.NC(C(=O)Nc1ccc(Oc2cccc(Cl)c2)cc1)C1CCOCC1. The molecule has 3 rings (SSSR count). The van der Waals surface area contributed by atoms with Gasteiger partial charge in [0, 0.05) is 23.9 Å². The van der Waals surface area contributed by atoms with Crippen LogP contribution in [0.3, 0.4) is 0 Å². The number of amides is 1. The Morgan fingerprint density at radius 2 is 1.85 bits per heavy atom. The molecule has 1 unspecified atom stereocenters. The fourth-order valence-corrected chi connectivity index (χ4v) is 2.97. The molecule has 1 saturated heterocycles. The molecule has 1 fully saturated rings. The molecular weight excluding hydrogens is 375 g/mol. The summed E-state index contributed by atoms with van der Waals surface area (Å²) in [5, 5.41) is 3.47. The number of benzene rings is 2. The molecule has 2 aromatic rings. The highest BCUT2D eigenvalue weighted by Gasteiger charge is 2.26. The van der Waals surface area contributed by atoms with Crippen molar-refractivity contribution in [2.24, 2.45) is 11.7 Å². The van der Waals surface area contributed by atoms with Gasteiger partial charge in [-0.05, 0) is 61.2 Å². The molecule has 1 aliphatic heterocycles. The first kappa shape index (κ1) is 20.5. The van der Waals surface area contributed by atoms with Crippen LogP contribution in [-0.4, -0.2) is 25.2 Å². The smallest absolute Gasteiger partial charge is 0.241 e. The van der Waals surface area contributed by atoms with Gasteiger partial charge in [0.05, 0.1) is 6.04 Å². The van der Waals surface area contributed by atoms with E-state index in [-0.39, 0.29) is 24.2 Å². The van der Waals surface area contributed by atoms with Gasteiger partial charge in [0.25, 0.3) is 0 Å². The average molecular weight is 397 g/mol. The summed E-state index contributed by atoms with van der Waals surface area (Å²) in [6.07, 6.45) is 1.64. The molecule has 1 atom stereocenters. The van der Waals surface area contributed by atoms with Crippen LogP contribution in [0.1, 0.15) is 12.8 Å². The lowest BCUT2D eigenvalue weighted by atomic mass is 9.92. The number of nitrogens with two attached hydrogens (primary N) is 1. The fourth-order valence-electron chi connectivity index (χ4n) is 2.79. The van der Waals surface area contributed by atoms with E-state index >= 15 is 0 Å². The quantitative estimate of drug-likeness (QED) is 0.791. The summed E-state index contributed by atoms with van der Waals surface area (Å²) >= 11 is 5.94. The van der Waals surface area contributed by atoms with Crippen LogP contribution in [0.2, 0.25) is 5.02 Å². The van der Waals surface area contributed by atoms with Gasteiger partial charge in [0.2, 0.25) is 5.91 Å². The first-order valence-corrected chi connectivity index (χ1v) is 8.67. The van der Waals surface area contributed by atoms with Crippen LogP contribution in [0.25, 0.3) is 0 Å². The summed E-state index contributed by atoms with van der Waals surface area (Å²) < 4.78 is 11.0. The minimum absolute atomic E-state index is 0. The van der Waals surface area contributed by atoms with Crippen LogP contribution in [0.5, 0.6) is 11.5 Å². The van der Waals surface area contributed by atoms with Crippen LogP contribution < -0.4 is 15.8 Å². The third-order valence-electron chi connectivity index (χ3n) is 4.23. The van der Waals surface area contributed by atoms with E-state index in [2.05, 4.69) is 5.32 Å². The van der Waals surface area contributed by atoms with Gasteiger partial charge in [-0.25, -0.2) is 0 Å². The Balaban J connectivity index is 0.00000243. The van der Waals surface area contributed by atoms with Gasteiger partial charge in [-0.3, -0.25) is 4.79 Å². The minimum atomic E-state index is -0.522. The van der Waals surface area contributed by atoms with Crippen molar-refractivity contribution in [3.05, 3.63) is 53.6 Å². The second kappa shape index (κ2) is 9.78. The molecule has 140 valence electrons. The molecule has 7 heteroatoms. The molecule has 0 aromatic heterocycles. The molecule has 0 radical (unpaired) electrons. The zero-order valence-electron chi connectivity index (χ0n) is 14.2. The number of halogens is 2. The van der Waals surface area contributed by atoms with Gasteiger partial charge < -0.3 is 20.5 Å². The number of anilines is 1. The first-order chi connectivity index (χ1) is 12.1. The summed E-state index contributed by atoms with van der Waals surface area (Å²) in [5.41, 5.74) is 6.77. The van der Waals surface area contributed by atoms with Crippen molar-refractivity contribution in [1.82, 2.24) is 0 Å². The highest BCUT2D eigenvalue weighted by molar-refractivity contribution is 6.30. The van der Waals surface area contributed by atoms with Crippen molar-refractivity contribution < 1.29 is 14.3 Å². The minimum Gasteiger partial charge on any atom is -0.457 e. The Labute approximate surface area is 164 Å². The van der Waals surface area contributed by atoms with E-state index in [9.17, 15) is 4.79 Å². The van der Waals surface area contributed by atoms with Gasteiger partial charge in [0.15, 0.2) is 0 Å². The standard InChI is InChI=1S/C19H21ClN2O3.ClH/c20-14-2-1-3-17(12-14)25-16-6-4-15(5-7-16)22-19(23)18(21)13-8-10-24-11-9-13;/h1-7,12-13,18H,8-11,21H2,(H,22,23);1H. The van der Waals surface area contributed by atoms with Crippen molar-refractivity contribution in [2.45, 2.75) is 18.9 Å². The molecule has 1 aliphatic rings. The maximum Gasteiger partial charge on any atom is 0.241 e. The first-order valence-electron chi connectivity index (χ1n) is 8.29. The lowest BCUT2D eigenvalue weighted by Gasteiger charge is -2.26. The van der Waals surface area contributed by atoms with E-state index in [0.717, 1.165) is 12.8 Å². The Morgan fingerprint density at radius 3 is 2.50 bits per heavy atom. The highest BCUT2D eigenvalue weighted by atomic mass is 35.5. The summed E-state index contributed by atoms with van der Waals surface area (Å²) in [6.45, 7) is 1.34. The molecule has 3 N–H and O–H groups in total. The average Bonchev–Trinajstić information content (AvgIpc) is 2.63. The summed E-state index contributed by atoms with van der Waals surface area (Å²) in [7, 11) is 0. The van der Waals surface area contributed by atoms with Gasteiger partial charge in [-0.15, -0.1) is 12.4 Å². The van der Waals surface area contributed by atoms with E-state index in [1.54, 1.807) is 36.4 Å². The van der Waals surface area contributed by atoms with E-state index in [0.29, 0.717) is 35.4 Å². The second-order valence-electron chi connectivity index (χ2n) is 6.05. The molecule has 0 aliphatic carbocycles. The maximum absolute atomic E-state index is 12.3. The van der Waals surface area contributed by atoms with Crippen molar-refractivity contribution in [3.63, 3.8) is 0 Å². The van der Waals surface area contributed by atoms with Crippen molar-refractivity contribution in [2.75, 3.05) is 18.5 Å². The molecule has 5 nitrogen and oxygen atoms in total. The largest absolute Gasteiger partial charge is 0.457 e. The molecule has 2 aromatic carbocycles. The second-order valence-corrected chi connectivity index (χ2v) is 6.49. The number of ether oxygens (including phenoxy) is 2. The van der Waals surface area contributed by atoms with E-state index < -0.39 is 6.04 Å². The van der Waals surface area contributed by atoms with E-state index in [1.807, 2.05) is 12.1 Å². The van der Waals surface area contributed by atoms with Gasteiger partial charge in [0.1, 0.15) is 11.5 Å². The van der Waals surface area contributed by atoms with Crippen LogP contribution in [0.4, 0.5) is 5.69 Å². The van der Waals surface area contributed by atoms with Crippen LogP contribution in [0.15, 0.2) is 48.5 Å². The Morgan fingerprint density at radius 1 is 1.15 bits per heavy atom. The monoisotopic (exact) mass is 396 g/mol. The topological polar surface area (TPSA) is 73.6 Å². The highest BCUT2D eigenvalue weighted by Crippen LogP contribution is 2.25. The summed E-state index contributed by atoms with van der Waals surface area (Å²) in [5.74, 6) is 1.31. The molecular formula is C19H22Cl2N2O3. The summed E-state index contributed by atoms with van der Waals surface area (Å²) in [6, 6.07) is 13.8. The molecule has 0 spiro atoms. The van der Waals surface area contributed by atoms with Gasteiger partial charge >= 0.3 is 0 Å². The van der Waals surface area contributed by atoms with E-state index in [1.165, 1.54) is 0 Å². The molecule has 1 heterocycles. The molecule has 1 amide bonds. The normalized spacial score (nSPS) is 15.6. The number of hydrogen-bond donors (Lipinski definition) is 2.